The first kappa shape index (κ1) is 18.4. The van der Waals surface area contributed by atoms with E-state index in [4.69, 9.17) is 0 Å². The Labute approximate surface area is 172 Å². The van der Waals surface area contributed by atoms with Crippen molar-refractivity contribution in [2.24, 2.45) is 5.92 Å². The largest absolute Gasteiger partial charge is 0.342 e. The number of piperidine rings is 1. The maximum atomic E-state index is 13.2. The fraction of sp³-hybridized carbons (Fsp3) is 0.440. The van der Waals surface area contributed by atoms with E-state index in [1.807, 2.05) is 28.0 Å². The first-order valence-corrected chi connectivity index (χ1v) is 10.9. The zero-order valence-corrected chi connectivity index (χ0v) is 16.8. The Hall–Kier alpha value is -2.62. The molecule has 0 unspecified atom stereocenters. The minimum Gasteiger partial charge on any atom is -0.342 e. The highest BCUT2D eigenvalue weighted by atomic mass is 16.2. The van der Waals surface area contributed by atoms with Gasteiger partial charge in [0.1, 0.15) is 0 Å². The molecule has 0 N–H and O–H groups in total. The topological polar surface area (TPSA) is 40.6 Å². The van der Waals surface area contributed by atoms with Gasteiger partial charge in [-0.05, 0) is 48.8 Å². The van der Waals surface area contributed by atoms with E-state index in [1.54, 1.807) is 0 Å². The van der Waals surface area contributed by atoms with Crippen LogP contribution in [0, 0.1) is 5.92 Å². The van der Waals surface area contributed by atoms with Gasteiger partial charge in [0.05, 0.1) is 5.41 Å². The molecule has 0 atom stereocenters. The smallest absolute Gasteiger partial charge is 0.233 e. The van der Waals surface area contributed by atoms with Crippen molar-refractivity contribution in [1.29, 1.82) is 0 Å². The van der Waals surface area contributed by atoms with Crippen molar-refractivity contribution in [2.75, 3.05) is 19.6 Å². The Balaban J connectivity index is 1.20. The van der Waals surface area contributed by atoms with E-state index in [9.17, 15) is 9.59 Å². The maximum Gasteiger partial charge on any atom is 0.233 e. The van der Waals surface area contributed by atoms with Crippen LogP contribution in [0.25, 0.3) is 0 Å². The Kier molecular flexibility index (Phi) is 4.65. The molecule has 0 spiro atoms. The molecule has 2 heterocycles. The van der Waals surface area contributed by atoms with Crippen molar-refractivity contribution in [1.82, 2.24) is 9.80 Å². The van der Waals surface area contributed by atoms with Gasteiger partial charge in [0.2, 0.25) is 11.8 Å². The van der Waals surface area contributed by atoms with Crippen molar-refractivity contribution >= 4 is 11.8 Å². The lowest BCUT2D eigenvalue weighted by Crippen LogP contribution is -2.48. The molecule has 0 radical (unpaired) electrons. The summed E-state index contributed by atoms with van der Waals surface area (Å²) in [5.74, 6) is 0.591. The second-order valence-corrected chi connectivity index (χ2v) is 8.79. The van der Waals surface area contributed by atoms with E-state index in [-0.39, 0.29) is 23.1 Å². The highest BCUT2D eigenvalue weighted by molar-refractivity contribution is 5.91. The van der Waals surface area contributed by atoms with Crippen molar-refractivity contribution in [3.63, 3.8) is 0 Å². The molecule has 0 bridgehead atoms. The summed E-state index contributed by atoms with van der Waals surface area (Å²) in [7, 11) is 0. The zero-order chi connectivity index (χ0) is 19.8. The lowest BCUT2D eigenvalue weighted by atomic mass is 9.90. The molecule has 1 saturated carbocycles. The number of likely N-dealkylation sites (tertiary alicyclic amines) is 1. The third-order valence-electron chi connectivity index (χ3n) is 7.06. The first-order chi connectivity index (χ1) is 14.2. The molecule has 150 valence electrons. The summed E-state index contributed by atoms with van der Waals surface area (Å²) in [6.45, 7) is 2.94. The molecule has 1 aliphatic carbocycles. The van der Waals surface area contributed by atoms with Crippen LogP contribution >= 0.6 is 0 Å². The summed E-state index contributed by atoms with van der Waals surface area (Å²) in [6, 6.07) is 18.6. The molecule has 3 aliphatic rings. The minimum absolute atomic E-state index is 0.0520. The third-order valence-corrected chi connectivity index (χ3v) is 7.06. The van der Waals surface area contributed by atoms with Crippen LogP contribution in [0.1, 0.15) is 42.4 Å². The molecular weight excluding hydrogens is 360 g/mol. The van der Waals surface area contributed by atoms with Crippen molar-refractivity contribution < 1.29 is 9.59 Å². The Morgan fingerprint density at radius 1 is 0.793 bits per heavy atom. The molecule has 29 heavy (non-hydrogen) atoms. The predicted molar refractivity (Wildman–Crippen MR) is 112 cm³/mol. The molecule has 5 rings (SSSR count). The van der Waals surface area contributed by atoms with E-state index in [2.05, 4.69) is 36.4 Å². The number of fused-ring (bicyclic) bond motifs is 1. The summed E-state index contributed by atoms with van der Waals surface area (Å²) in [5.41, 5.74) is 3.50. The van der Waals surface area contributed by atoms with Gasteiger partial charge in [0.15, 0.2) is 0 Å². The first-order valence-electron chi connectivity index (χ1n) is 10.9. The van der Waals surface area contributed by atoms with Crippen LogP contribution in [-0.4, -0.2) is 41.2 Å². The Morgan fingerprint density at radius 3 is 2.14 bits per heavy atom. The highest BCUT2D eigenvalue weighted by Crippen LogP contribution is 2.50. The van der Waals surface area contributed by atoms with Crippen LogP contribution in [-0.2, 0) is 28.0 Å². The SMILES string of the molecule is O=C(C1CCN(C(=O)C2(c3ccccc3)CC2)CC1)N1CCc2ccccc2C1. The number of rotatable bonds is 3. The molecule has 4 heteroatoms. The van der Waals surface area contributed by atoms with Crippen LogP contribution < -0.4 is 0 Å². The Bertz CT molecular complexity index is 911. The fourth-order valence-corrected chi connectivity index (χ4v) is 5.08. The molecule has 4 nitrogen and oxygen atoms in total. The number of carbonyl (C=O) groups is 2. The molecule has 0 aromatic heterocycles. The number of hydrogen-bond acceptors (Lipinski definition) is 2. The average Bonchev–Trinajstić information content (AvgIpc) is 3.61. The number of nitrogens with zero attached hydrogens (tertiary/aromatic N) is 2. The lowest BCUT2D eigenvalue weighted by Gasteiger charge is -2.37. The van der Waals surface area contributed by atoms with Gasteiger partial charge in [0.25, 0.3) is 0 Å². The number of hydrogen-bond donors (Lipinski definition) is 0. The van der Waals surface area contributed by atoms with Crippen molar-refractivity contribution in [3.8, 4) is 0 Å². The van der Waals surface area contributed by atoms with E-state index >= 15 is 0 Å². The van der Waals surface area contributed by atoms with Gasteiger partial charge in [0, 0.05) is 32.1 Å². The Morgan fingerprint density at radius 2 is 1.45 bits per heavy atom. The molecule has 2 aromatic carbocycles. The van der Waals surface area contributed by atoms with Gasteiger partial charge in [-0.25, -0.2) is 0 Å². The van der Waals surface area contributed by atoms with E-state index in [0.717, 1.165) is 50.8 Å². The molecule has 2 aromatic rings. The average molecular weight is 389 g/mol. The van der Waals surface area contributed by atoms with Crippen LogP contribution in [0.15, 0.2) is 54.6 Å². The standard InChI is InChI=1S/C25H28N2O2/c28-23(27-17-10-19-6-4-5-7-21(19)18-27)20-11-15-26(16-12-20)24(29)25(13-14-25)22-8-2-1-3-9-22/h1-9,20H,10-18H2. The summed E-state index contributed by atoms with van der Waals surface area (Å²) in [6.07, 6.45) is 4.41. The fourth-order valence-electron chi connectivity index (χ4n) is 5.08. The molecule has 2 aliphatic heterocycles. The van der Waals surface area contributed by atoms with Gasteiger partial charge in [-0.15, -0.1) is 0 Å². The second kappa shape index (κ2) is 7.33. The minimum atomic E-state index is -0.297. The van der Waals surface area contributed by atoms with Crippen LogP contribution in [0.5, 0.6) is 0 Å². The van der Waals surface area contributed by atoms with Gasteiger partial charge >= 0.3 is 0 Å². The highest BCUT2D eigenvalue weighted by Gasteiger charge is 2.53. The van der Waals surface area contributed by atoms with Crippen LogP contribution in [0.4, 0.5) is 0 Å². The van der Waals surface area contributed by atoms with E-state index < -0.39 is 0 Å². The van der Waals surface area contributed by atoms with Crippen molar-refractivity contribution in [2.45, 2.75) is 44.1 Å². The summed E-state index contributed by atoms with van der Waals surface area (Å²) in [4.78, 5) is 30.4. The van der Waals surface area contributed by atoms with Gasteiger partial charge in [-0.1, -0.05) is 54.6 Å². The molecular formula is C25H28N2O2. The molecule has 2 amide bonds. The predicted octanol–water partition coefficient (Wildman–Crippen LogP) is 3.54. The van der Waals surface area contributed by atoms with Crippen LogP contribution in [0.2, 0.25) is 0 Å². The quantitative estimate of drug-likeness (QED) is 0.807. The monoisotopic (exact) mass is 388 g/mol. The number of amides is 2. The maximum absolute atomic E-state index is 13.2. The van der Waals surface area contributed by atoms with Gasteiger partial charge < -0.3 is 9.80 Å². The summed E-state index contributed by atoms with van der Waals surface area (Å²) >= 11 is 0. The van der Waals surface area contributed by atoms with E-state index in [0.29, 0.717) is 13.1 Å². The molecule has 1 saturated heterocycles. The zero-order valence-electron chi connectivity index (χ0n) is 16.8. The summed E-state index contributed by atoms with van der Waals surface area (Å²) in [5, 5.41) is 0. The van der Waals surface area contributed by atoms with E-state index in [1.165, 1.54) is 11.1 Å². The van der Waals surface area contributed by atoms with Gasteiger partial charge in [-0.2, -0.15) is 0 Å². The van der Waals surface area contributed by atoms with Crippen LogP contribution in [0.3, 0.4) is 0 Å². The third kappa shape index (κ3) is 3.35. The number of benzene rings is 2. The lowest BCUT2D eigenvalue weighted by molar-refractivity contribution is -0.142. The van der Waals surface area contributed by atoms with Gasteiger partial charge in [-0.3, -0.25) is 9.59 Å². The van der Waals surface area contributed by atoms with Crippen molar-refractivity contribution in [3.05, 3.63) is 71.3 Å². The second-order valence-electron chi connectivity index (χ2n) is 8.79. The molecule has 2 fully saturated rings. The normalized spacial score (nSPS) is 20.8. The summed E-state index contributed by atoms with van der Waals surface area (Å²) < 4.78 is 0. The number of carbonyl (C=O) groups excluding carboxylic acids is 2.